The summed E-state index contributed by atoms with van der Waals surface area (Å²) < 4.78 is 13.7. The molecule has 0 spiro atoms. The number of hydrogen-bond acceptors (Lipinski definition) is 6. The van der Waals surface area contributed by atoms with Gasteiger partial charge in [0.15, 0.2) is 17.2 Å². The molecule has 8 heteroatoms. The van der Waals surface area contributed by atoms with Crippen molar-refractivity contribution in [3.05, 3.63) is 129 Å². The van der Waals surface area contributed by atoms with Crippen LogP contribution in [0.2, 0.25) is 5.02 Å². The lowest BCUT2D eigenvalue weighted by Crippen LogP contribution is -2.22. The number of ether oxygens (including phenoxy) is 1. The van der Waals surface area contributed by atoms with Crippen LogP contribution < -0.4 is 10.4 Å². The van der Waals surface area contributed by atoms with Gasteiger partial charge in [-0.3, -0.25) is 0 Å². The first-order valence-corrected chi connectivity index (χ1v) is 12.8. The number of benzene rings is 4. The predicted molar refractivity (Wildman–Crippen MR) is 149 cm³/mol. The van der Waals surface area contributed by atoms with Crippen LogP contribution in [0.5, 0.6) is 11.6 Å². The molecule has 1 aliphatic heterocycles. The second kappa shape index (κ2) is 8.24. The van der Waals surface area contributed by atoms with Gasteiger partial charge in [0.1, 0.15) is 11.9 Å². The highest BCUT2D eigenvalue weighted by Gasteiger charge is 2.38. The van der Waals surface area contributed by atoms with E-state index in [1.807, 2.05) is 60.7 Å². The zero-order chi connectivity index (χ0) is 26.1. The van der Waals surface area contributed by atoms with E-state index in [2.05, 4.69) is 23.2 Å². The average Bonchev–Trinajstić information content (AvgIpc) is 3.41. The third-order valence-electron chi connectivity index (χ3n) is 7.19. The van der Waals surface area contributed by atoms with Gasteiger partial charge in [-0.05, 0) is 40.6 Å². The van der Waals surface area contributed by atoms with Crippen LogP contribution in [-0.4, -0.2) is 19.6 Å². The molecular formula is C31H17ClN4O3. The van der Waals surface area contributed by atoms with Gasteiger partial charge < -0.3 is 9.15 Å². The normalized spacial score (nSPS) is 14.3. The third-order valence-corrected chi connectivity index (χ3v) is 7.53. The molecule has 39 heavy (non-hydrogen) atoms. The van der Waals surface area contributed by atoms with Crippen LogP contribution in [-0.2, 0) is 0 Å². The Morgan fingerprint density at radius 2 is 1.64 bits per heavy atom. The van der Waals surface area contributed by atoms with E-state index in [-0.39, 0.29) is 0 Å². The summed E-state index contributed by atoms with van der Waals surface area (Å²) in [6.45, 7) is 0. The quantitative estimate of drug-likeness (QED) is 0.225. The van der Waals surface area contributed by atoms with Crippen molar-refractivity contribution in [2.75, 3.05) is 0 Å². The Bertz CT molecular complexity index is 2170. The molecule has 7 aromatic rings. The van der Waals surface area contributed by atoms with Gasteiger partial charge in [0.05, 0.1) is 22.4 Å². The zero-order valence-corrected chi connectivity index (χ0v) is 21.0. The molecule has 0 saturated heterocycles. The fourth-order valence-corrected chi connectivity index (χ4v) is 5.65. The van der Waals surface area contributed by atoms with Crippen LogP contribution in [0, 0.1) is 0 Å². The molecule has 8 rings (SSSR count). The first kappa shape index (κ1) is 22.0. The second-order valence-electron chi connectivity index (χ2n) is 9.41. The number of aromatic nitrogens is 4. The smallest absolute Gasteiger partial charge is 0.344 e. The highest BCUT2D eigenvalue weighted by atomic mass is 35.5. The van der Waals surface area contributed by atoms with E-state index in [1.165, 1.54) is 0 Å². The number of fused-ring (bicyclic) bond motifs is 7. The number of nitrogens with zero attached hydrogens (tertiary/aromatic N) is 4. The molecule has 0 aliphatic carbocycles. The SMILES string of the molecule is O=c1oc2ccccc2c2c1C(c1ccccc1Cl)c1c(ncn3nc(-c4ccc5ccccc5c4)nc13)O2. The average molecular weight is 529 g/mol. The Labute approximate surface area is 225 Å². The number of rotatable bonds is 2. The van der Waals surface area contributed by atoms with Crippen LogP contribution >= 0.6 is 11.6 Å². The molecule has 1 atom stereocenters. The zero-order valence-electron chi connectivity index (χ0n) is 20.2. The largest absolute Gasteiger partial charge is 0.437 e. The molecule has 3 aromatic heterocycles. The van der Waals surface area contributed by atoms with Crippen LogP contribution in [0.4, 0.5) is 0 Å². The second-order valence-corrected chi connectivity index (χ2v) is 9.82. The van der Waals surface area contributed by atoms with Crippen LogP contribution in [0.15, 0.2) is 107 Å². The van der Waals surface area contributed by atoms with Gasteiger partial charge in [0, 0.05) is 10.6 Å². The van der Waals surface area contributed by atoms with Crippen LogP contribution in [0.25, 0.3) is 38.8 Å². The summed E-state index contributed by atoms with van der Waals surface area (Å²) in [4.78, 5) is 23.1. The van der Waals surface area contributed by atoms with Crippen molar-refractivity contribution >= 4 is 39.0 Å². The Kier molecular flexibility index (Phi) is 4.65. The van der Waals surface area contributed by atoms with E-state index in [1.54, 1.807) is 23.0 Å². The molecule has 4 aromatic carbocycles. The molecule has 186 valence electrons. The number of hydrogen-bond donors (Lipinski definition) is 0. The minimum Gasteiger partial charge on any atom is -0.437 e. The summed E-state index contributed by atoms with van der Waals surface area (Å²) in [5, 5.41) is 8.13. The number of para-hydroxylation sites is 1. The Balaban J connectivity index is 1.42. The maximum atomic E-state index is 13.5. The highest BCUT2D eigenvalue weighted by molar-refractivity contribution is 6.31. The first-order valence-electron chi connectivity index (χ1n) is 12.4. The van der Waals surface area contributed by atoms with Crippen molar-refractivity contribution in [3.8, 4) is 23.0 Å². The lowest BCUT2D eigenvalue weighted by Gasteiger charge is -2.27. The fraction of sp³-hybridized carbons (Fsp3) is 0.0323. The predicted octanol–water partition coefficient (Wildman–Crippen LogP) is 6.99. The molecular weight excluding hydrogens is 512 g/mol. The van der Waals surface area contributed by atoms with Crippen molar-refractivity contribution in [2.24, 2.45) is 0 Å². The highest BCUT2D eigenvalue weighted by Crippen LogP contribution is 2.50. The molecule has 0 bridgehead atoms. The van der Waals surface area contributed by atoms with Crippen molar-refractivity contribution < 1.29 is 9.15 Å². The van der Waals surface area contributed by atoms with Crippen LogP contribution in [0.1, 0.15) is 22.6 Å². The molecule has 0 saturated carbocycles. The molecule has 4 heterocycles. The lowest BCUT2D eigenvalue weighted by atomic mass is 9.84. The number of halogens is 1. The third kappa shape index (κ3) is 3.30. The standard InChI is InChI=1S/C31H17ClN4O3/c32-22-11-5-3-9-20(22)24-25-27(21-10-4-6-12-23(21)38-31(25)37)39-30-26(24)29-34-28(35-36(29)16-33-30)19-14-13-17-7-1-2-8-18(17)15-19/h1-16,24H. The summed E-state index contributed by atoms with van der Waals surface area (Å²) in [6, 6.07) is 28.9. The van der Waals surface area contributed by atoms with Gasteiger partial charge in [0.2, 0.25) is 5.88 Å². The Morgan fingerprint density at radius 3 is 2.54 bits per heavy atom. The topological polar surface area (TPSA) is 82.5 Å². The Morgan fingerprint density at radius 1 is 0.846 bits per heavy atom. The van der Waals surface area contributed by atoms with E-state index in [0.717, 1.165) is 21.9 Å². The molecule has 1 unspecified atom stereocenters. The summed E-state index contributed by atoms with van der Waals surface area (Å²) in [5.41, 5.74) is 2.98. The molecule has 0 fully saturated rings. The minimum absolute atomic E-state index is 0.341. The Hall–Kier alpha value is -5.01. The van der Waals surface area contributed by atoms with Gasteiger partial charge in [-0.1, -0.05) is 78.3 Å². The van der Waals surface area contributed by atoms with Crippen molar-refractivity contribution in [1.82, 2.24) is 19.6 Å². The van der Waals surface area contributed by atoms with Gasteiger partial charge in [0.25, 0.3) is 0 Å². The van der Waals surface area contributed by atoms with E-state index in [0.29, 0.717) is 50.2 Å². The maximum absolute atomic E-state index is 13.5. The van der Waals surface area contributed by atoms with E-state index >= 15 is 0 Å². The van der Waals surface area contributed by atoms with Crippen molar-refractivity contribution in [3.63, 3.8) is 0 Å². The van der Waals surface area contributed by atoms with E-state index in [4.69, 9.17) is 30.8 Å². The molecule has 0 N–H and O–H groups in total. The molecule has 0 radical (unpaired) electrons. The minimum atomic E-state index is -0.636. The molecule has 0 amide bonds. The lowest BCUT2D eigenvalue weighted by molar-refractivity contribution is 0.422. The van der Waals surface area contributed by atoms with E-state index in [9.17, 15) is 4.79 Å². The van der Waals surface area contributed by atoms with E-state index < -0.39 is 11.5 Å². The van der Waals surface area contributed by atoms with Crippen molar-refractivity contribution in [2.45, 2.75) is 5.92 Å². The molecule has 1 aliphatic rings. The molecule has 7 nitrogen and oxygen atoms in total. The van der Waals surface area contributed by atoms with Gasteiger partial charge in [-0.25, -0.2) is 19.3 Å². The summed E-state index contributed by atoms with van der Waals surface area (Å²) in [7, 11) is 0. The summed E-state index contributed by atoms with van der Waals surface area (Å²) >= 11 is 6.73. The van der Waals surface area contributed by atoms with Crippen molar-refractivity contribution in [1.29, 1.82) is 0 Å². The van der Waals surface area contributed by atoms with Gasteiger partial charge in [-0.15, -0.1) is 5.10 Å². The monoisotopic (exact) mass is 528 g/mol. The first-order chi connectivity index (χ1) is 19.2. The fourth-order valence-electron chi connectivity index (χ4n) is 5.40. The summed E-state index contributed by atoms with van der Waals surface area (Å²) in [5.74, 6) is 0.645. The maximum Gasteiger partial charge on any atom is 0.344 e. The van der Waals surface area contributed by atoms with Gasteiger partial charge in [-0.2, -0.15) is 0 Å². The summed E-state index contributed by atoms with van der Waals surface area (Å²) in [6.07, 6.45) is 1.58. The van der Waals surface area contributed by atoms with Gasteiger partial charge >= 0.3 is 5.63 Å². The van der Waals surface area contributed by atoms with Crippen LogP contribution in [0.3, 0.4) is 0 Å².